The molecular formula is C20H18F6N4O2S. The predicted molar refractivity (Wildman–Crippen MR) is 106 cm³/mol. The van der Waals surface area contributed by atoms with Crippen molar-refractivity contribution in [1.29, 1.82) is 0 Å². The number of imidazole rings is 1. The second-order valence-electron chi connectivity index (χ2n) is 7.93. The van der Waals surface area contributed by atoms with Crippen LogP contribution in [0.3, 0.4) is 0 Å². The van der Waals surface area contributed by atoms with Crippen molar-refractivity contribution < 1.29 is 34.8 Å². The normalized spacial score (nSPS) is 16.5. The molecule has 0 aromatic carbocycles. The highest BCUT2D eigenvalue weighted by molar-refractivity contribution is 7.92. The van der Waals surface area contributed by atoms with Crippen molar-refractivity contribution in [3.8, 4) is 11.5 Å². The average molecular weight is 492 g/mol. The third-order valence-electron chi connectivity index (χ3n) is 5.73. The summed E-state index contributed by atoms with van der Waals surface area (Å²) in [7, 11) is -2.85. The van der Waals surface area contributed by atoms with Crippen LogP contribution in [-0.4, -0.2) is 33.2 Å². The maximum atomic E-state index is 13.4. The van der Waals surface area contributed by atoms with E-state index in [1.807, 2.05) is 0 Å². The van der Waals surface area contributed by atoms with Gasteiger partial charge in [0.15, 0.2) is 21.3 Å². The molecule has 0 radical (unpaired) electrons. The van der Waals surface area contributed by atoms with Gasteiger partial charge in [-0.3, -0.25) is 4.98 Å². The van der Waals surface area contributed by atoms with Gasteiger partial charge in [0.05, 0.1) is 21.3 Å². The number of hydrogen-bond donors (Lipinski definition) is 0. The van der Waals surface area contributed by atoms with Crippen molar-refractivity contribution in [2.45, 2.75) is 54.6 Å². The summed E-state index contributed by atoms with van der Waals surface area (Å²) in [6.45, 7) is 0. The zero-order valence-corrected chi connectivity index (χ0v) is 18.0. The Balaban J connectivity index is 1.94. The van der Waals surface area contributed by atoms with Crippen LogP contribution >= 0.6 is 0 Å². The van der Waals surface area contributed by atoms with Gasteiger partial charge >= 0.3 is 12.4 Å². The van der Waals surface area contributed by atoms with E-state index < -0.39 is 43.5 Å². The van der Waals surface area contributed by atoms with Gasteiger partial charge in [0.1, 0.15) is 11.2 Å². The molecule has 0 bridgehead atoms. The van der Waals surface area contributed by atoms with Crippen molar-refractivity contribution in [2.75, 3.05) is 0 Å². The van der Waals surface area contributed by atoms with Crippen molar-refractivity contribution in [2.24, 2.45) is 7.05 Å². The molecule has 0 spiro atoms. The van der Waals surface area contributed by atoms with Gasteiger partial charge in [0, 0.05) is 19.4 Å². The molecule has 4 rings (SSSR count). The lowest BCUT2D eigenvalue weighted by atomic mass is 10.0. The molecule has 1 aliphatic rings. The SMILES string of the molecule is Cn1c(-c2ncc(C(F)(F)F)cc2S(=O)(=O)C2CCCCC2)nc2cc(C(F)(F)F)cnc21. The molecule has 0 saturated heterocycles. The molecule has 1 fully saturated rings. The zero-order chi connectivity index (χ0) is 24.2. The highest BCUT2D eigenvalue weighted by Gasteiger charge is 2.38. The Morgan fingerprint density at radius 3 is 2.09 bits per heavy atom. The number of alkyl halides is 6. The molecule has 13 heteroatoms. The van der Waals surface area contributed by atoms with E-state index in [0.29, 0.717) is 44.1 Å². The first-order valence-corrected chi connectivity index (χ1v) is 11.6. The number of aromatic nitrogens is 4. The number of rotatable bonds is 3. The molecule has 6 nitrogen and oxygen atoms in total. The van der Waals surface area contributed by atoms with Crippen LogP contribution in [0.25, 0.3) is 22.7 Å². The molecule has 3 aromatic heterocycles. The first kappa shape index (κ1) is 23.5. The van der Waals surface area contributed by atoms with E-state index in [1.165, 1.54) is 11.6 Å². The number of nitrogens with zero attached hydrogens (tertiary/aromatic N) is 4. The first-order chi connectivity index (χ1) is 15.3. The Labute approximate surface area is 184 Å². The first-order valence-electron chi connectivity index (χ1n) is 10.0. The summed E-state index contributed by atoms with van der Waals surface area (Å²) in [4.78, 5) is 10.9. The minimum atomic E-state index is -4.84. The van der Waals surface area contributed by atoms with Crippen LogP contribution < -0.4 is 0 Å². The highest BCUT2D eigenvalue weighted by atomic mass is 32.2. The summed E-state index contributed by atoms with van der Waals surface area (Å²) in [5.74, 6) is -0.195. The predicted octanol–water partition coefficient (Wildman–Crippen LogP) is 5.17. The van der Waals surface area contributed by atoms with Gasteiger partial charge < -0.3 is 4.57 Å². The third-order valence-corrected chi connectivity index (χ3v) is 8.00. The second-order valence-corrected chi connectivity index (χ2v) is 10.1. The summed E-state index contributed by atoms with van der Waals surface area (Å²) in [6.07, 6.45) is -5.73. The number of halogens is 6. The van der Waals surface area contributed by atoms with E-state index in [9.17, 15) is 34.8 Å². The van der Waals surface area contributed by atoms with Gasteiger partial charge in [-0.15, -0.1) is 0 Å². The van der Waals surface area contributed by atoms with Crippen LogP contribution in [0.15, 0.2) is 29.4 Å². The van der Waals surface area contributed by atoms with Crippen LogP contribution in [0, 0.1) is 0 Å². The molecule has 178 valence electrons. The van der Waals surface area contributed by atoms with Crippen LogP contribution in [0.2, 0.25) is 0 Å². The summed E-state index contributed by atoms with van der Waals surface area (Å²) in [6, 6.07) is 1.27. The smallest absolute Gasteiger partial charge is 0.310 e. The fraction of sp³-hybridized carbons (Fsp3) is 0.450. The maximum Gasteiger partial charge on any atom is 0.417 e. The Bertz CT molecular complexity index is 1310. The second kappa shape index (κ2) is 7.96. The van der Waals surface area contributed by atoms with Crippen molar-refractivity contribution >= 4 is 21.0 Å². The number of sulfone groups is 1. The number of pyridine rings is 2. The summed E-state index contributed by atoms with van der Waals surface area (Å²) in [5.41, 5.74) is -2.85. The molecule has 1 saturated carbocycles. The summed E-state index contributed by atoms with van der Waals surface area (Å²) >= 11 is 0. The lowest BCUT2D eigenvalue weighted by Gasteiger charge is -2.23. The maximum absolute atomic E-state index is 13.4. The van der Waals surface area contributed by atoms with Crippen molar-refractivity contribution in [3.63, 3.8) is 0 Å². The van der Waals surface area contributed by atoms with E-state index in [1.54, 1.807) is 0 Å². The highest BCUT2D eigenvalue weighted by Crippen LogP contribution is 2.38. The molecule has 0 aliphatic heterocycles. The van der Waals surface area contributed by atoms with Gasteiger partial charge in [-0.1, -0.05) is 19.3 Å². The minimum Gasteiger partial charge on any atom is -0.310 e. The van der Waals surface area contributed by atoms with Crippen LogP contribution in [0.4, 0.5) is 26.3 Å². The molecule has 0 unspecified atom stereocenters. The zero-order valence-electron chi connectivity index (χ0n) is 17.2. The fourth-order valence-corrected chi connectivity index (χ4v) is 6.00. The van der Waals surface area contributed by atoms with Gasteiger partial charge in [-0.25, -0.2) is 18.4 Å². The summed E-state index contributed by atoms with van der Waals surface area (Å²) in [5, 5.41) is -0.875. The Kier molecular flexibility index (Phi) is 5.66. The number of aryl methyl sites for hydroxylation is 1. The monoisotopic (exact) mass is 492 g/mol. The van der Waals surface area contributed by atoms with Crippen LogP contribution in [0.5, 0.6) is 0 Å². The van der Waals surface area contributed by atoms with Crippen molar-refractivity contribution in [3.05, 3.63) is 35.7 Å². The Morgan fingerprint density at radius 2 is 1.48 bits per heavy atom. The third kappa shape index (κ3) is 4.30. The van der Waals surface area contributed by atoms with Crippen LogP contribution in [-0.2, 0) is 29.2 Å². The van der Waals surface area contributed by atoms with Gasteiger partial charge in [0.2, 0.25) is 0 Å². The summed E-state index contributed by atoms with van der Waals surface area (Å²) < 4.78 is 107. The topological polar surface area (TPSA) is 77.7 Å². The number of fused-ring (bicyclic) bond motifs is 1. The molecule has 0 N–H and O–H groups in total. The van der Waals surface area contributed by atoms with E-state index in [-0.39, 0.29) is 22.7 Å². The molecular weight excluding hydrogens is 474 g/mol. The van der Waals surface area contributed by atoms with Crippen LogP contribution in [0.1, 0.15) is 43.2 Å². The van der Waals surface area contributed by atoms with E-state index in [0.717, 1.165) is 12.5 Å². The Hall–Kier alpha value is -2.70. The fourth-order valence-electron chi connectivity index (χ4n) is 3.98. The molecule has 0 amide bonds. The van der Waals surface area contributed by atoms with Gasteiger partial charge in [-0.05, 0) is 25.0 Å². The molecule has 3 aromatic rings. The Morgan fingerprint density at radius 1 is 0.909 bits per heavy atom. The van der Waals surface area contributed by atoms with Gasteiger partial charge in [0.25, 0.3) is 0 Å². The standard InChI is InChI=1S/C20H18F6N4O2S/c1-30-17-14(7-11(10-28-17)19(21,22)23)29-18(30)16-15(8-12(9-27-16)20(24,25)26)33(31,32)13-5-3-2-4-6-13/h7-10,13H,2-6H2,1H3. The van der Waals surface area contributed by atoms with Gasteiger partial charge in [-0.2, -0.15) is 26.3 Å². The lowest BCUT2D eigenvalue weighted by Crippen LogP contribution is -2.25. The van der Waals surface area contributed by atoms with Crippen molar-refractivity contribution in [1.82, 2.24) is 19.5 Å². The number of hydrogen-bond acceptors (Lipinski definition) is 5. The minimum absolute atomic E-state index is 0.000659. The molecule has 1 aliphatic carbocycles. The van der Waals surface area contributed by atoms with E-state index >= 15 is 0 Å². The largest absolute Gasteiger partial charge is 0.417 e. The quantitative estimate of drug-likeness (QED) is 0.471. The average Bonchev–Trinajstić information content (AvgIpc) is 3.08. The molecule has 3 heterocycles. The van der Waals surface area contributed by atoms with E-state index in [4.69, 9.17) is 0 Å². The molecule has 33 heavy (non-hydrogen) atoms. The van der Waals surface area contributed by atoms with E-state index in [2.05, 4.69) is 15.0 Å². The molecule has 0 atom stereocenters. The lowest BCUT2D eigenvalue weighted by molar-refractivity contribution is -0.138.